The van der Waals surface area contributed by atoms with Crippen molar-refractivity contribution in [3.63, 3.8) is 0 Å². The number of benzene rings is 1. The molecule has 0 unspecified atom stereocenters. The van der Waals surface area contributed by atoms with Crippen molar-refractivity contribution >= 4 is 29.9 Å². The van der Waals surface area contributed by atoms with E-state index in [2.05, 4.69) is 11.9 Å². The molecule has 1 aromatic carbocycles. The van der Waals surface area contributed by atoms with Crippen molar-refractivity contribution in [2.75, 3.05) is 19.8 Å². The summed E-state index contributed by atoms with van der Waals surface area (Å²) < 4.78 is 10.6. The van der Waals surface area contributed by atoms with E-state index >= 15 is 0 Å². The third-order valence-corrected chi connectivity index (χ3v) is 3.43. The normalized spacial score (nSPS) is 15.5. The van der Waals surface area contributed by atoms with Gasteiger partial charge in [0.25, 0.3) is 11.8 Å². The predicted molar refractivity (Wildman–Crippen MR) is 94.2 cm³/mol. The number of aliphatic carboxylic acids is 1. The van der Waals surface area contributed by atoms with E-state index in [0.717, 1.165) is 4.90 Å². The smallest absolute Gasteiger partial charge is 0.341 e. The fourth-order valence-electron chi connectivity index (χ4n) is 2.30. The molecular weight excluding hydrogens is 356 g/mol. The van der Waals surface area contributed by atoms with Crippen LogP contribution in [0.4, 0.5) is 4.79 Å². The summed E-state index contributed by atoms with van der Waals surface area (Å²) in [6.45, 7) is 4.93. The number of hydrogen-bond acceptors (Lipinski definition) is 6. The van der Waals surface area contributed by atoms with Gasteiger partial charge in [-0.1, -0.05) is 12.1 Å². The van der Waals surface area contributed by atoms with E-state index in [1.165, 1.54) is 30.4 Å². The van der Waals surface area contributed by atoms with Crippen molar-refractivity contribution in [2.45, 2.75) is 6.92 Å². The first kappa shape index (κ1) is 19.7. The van der Waals surface area contributed by atoms with E-state index in [4.69, 9.17) is 14.6 Å². The highest BCUT2D eigenvalue weighted by atomic mass is 16.5. The van der Waals surface area contributed by atoms with Gasteiger partial charge >= 0.3 is 12.0 Å². The number of urea groups is 1. The van der Waals surface area contributed by atoms with Crippen molar-refractivity contribution in [2.24, 2.45) is 0 Å². The van der Waals surface area contributed by atoms with Crippen molar-refractivity contribution in [1.29, 1.82) is 0 Å². The Bertz CT molecular complexity index is 829. The molecule has 0 atom stereocenters. The molecule has 0 aliphatic carbocycles. The monoisotopic (exact) mass is 374 g/mol. The molecule has 1 saturated heterocycles. The first-order valence-corrected chi connectivity index (χ1v) is 7.98. The lowest BCUT2D eigenvalue weighted by atomic mass is 10.1. The van der Waals surface area contributed by atoms with E-state index < -0.39 is 30.4 Å². The molecule has 9 heteroatoms. The molecule has 0 saturated carbocycles. The van der Waals surface area contributed by atoms with Gasteiger partial charge in [-0.3, -0.25) is 19.8 Å². The summed E-state index contributed by atoms with van der Waals surface area (Å²) in [5, 5.41) is 10.8. The molecule has 0 aromatic heterocycles. The Hall–Kier alpha value is -3.62. The van der Waals surface area contributed by atoms with Crippen LogP contribution in [0.5, 0.6) is 11.5 Å². The number of rotatable bonds is 8. The van der Waals surface area contributed by atoms with Crippen LogP contribution in [0.15, 0.2) is 36.4 Å². The quantitative estimate of drug-likeness (QED) is 0.398. The van der Waals surface area contributed by atoms with Crippen molar-refractivity contribution in [3.05, 3.63) is 42.0 Å². The highest BCUT2D eigenvalue weighted by Gasteiger charge is 2.34. The number of carbonyl (C=O) groups is 4. The van der Waals surface area contributed by atoms with Gasteiger partial charge in [-0.05, 0) is 30.7 Å². The van der Waals surface area contributed by atoms with E-state index in [1.807, 2.05) is 0 Å². The minimum atomic E-state index is -1.14. The van der Waals surface area contributed by atoms with Crippen molar-refractivity contribution in [1.82, 2.24) is 10.2 Å². The molecule has 9 nitrogen and oxygen atoms in total. The number of ether oxygens (including phenoxy) is 2. The molecule has 2 rings (SSSR count). The molecule has 1 aliphatic heterocycles. The maximum atomic E-state index is 12.4. The summed E-state index contributed by atoms with van der Waals surface area (Å²) in [5.74, 6) is -2.22. The lowest BCUT2D eigenvalue weighted by Gasteiger charge is -2.25. The SMILES string of the molecule is C=CCN1C(=O)NC(=O)/C(=C\c2ccc(OCC(=O)O)c(OCC)c2)C1=O. The van der Waals surface area contributed by atoms with Crippen LogP contribution in [0.2, 0.25) is 0 Å². The Kier molecular flexibility index (Phi) is 6.32. The zero-order chi connectivity index (χ0) is 20.0. The van der Waals surface area contributed by atoms with Gasteiger partial charge in [0.1, 0.15) is 5.57 Å². The van der Waals surface area contributed by atoms with Gasteiger partial charge in [-0.2, -0.15) is 0 Å². The molecule has 1 heterocycles. The van der Waals surface area contributed by atoms with Gasteiger partial charge in [0.15, 0.2) is 18.1 Å². The van der Waals surface area contributed by atoms with Crippen molar-refractivity contribution < 1.29 is 33.8 Å². The molecule has 2 N–H and O–H groups in total. The first-order chi connectivity index (χ1) is 12.9. The highest BCUT2D eigenvalue weighted by molar-refractivity contribution is 6.31. The highest BCUT2D eigenvalue weighted by Crippen LogP contribution is 2.29. The number of carboxylic acid groups (broad SMARTS) is 1. The van der Waals surface area contributed by atoms with Gasteiger partial charge in [-0.15, -0.1) is 6.58 Å². The molecule has 142 valence electrons. The lowest BCUT2D eigenvalue weighted by Crippen LogP contribution is -2.54. The molecule has 1 fully saturated rings. The molecule has 0 radical (unpaired) electrons. The van der Waals surface area contributed by atoms with Gasteiger partial charge in [-0.25, -0.2) is 9.59 Å². The zero-order valence-corrected chi connectivity index (χ0v) is 14.6. The maximum Gasteiger partial charge on any atom is 0.341 e. The van der Waals surface area contributed by atoms with Crippen LogP contribution in [0, 0.1) is 0 Å². The molecule has 0 bridgehead atoms. The fourth-order valence-corrected chi connectivity index (χ4v) is 2.30. The lowest BCUT2D eigenvalue weighted by molar-refractivity contribution is -0.139. The van der Waals surface area contributed by atoms with E-state index in [-0.39, 0.29) is 23.6 Å². The minimum Gasteiger partial charge on any atom is -0.490 e. The Balaban J connectivity index is 2.35. The molecule has 4 amide bonds. The number of carbonyl (C=O) groups excluding carboxylic acids is 3. The Morgan fingerprint density at radius 3 is 2.63 bits per heavy atom. The second-order valence-corrected chi connectivity index (χ2v) is 5.34. The van der Waals surface area contributed by atoms with Crippen LogP contribution in [0.25, 0.3) is 6.08 Å². The van der Waals surface area contributed by atoms with E-state index in [9.17, 15) is 19.2 Å². The van der Waals surface area contributed by atoms with Crippen LogP contribution in [0.1, 0.15) is 12.5 Å². The number of hydrogen-bond donors (Lipinski definition) is 2. The molecular formula is C18H18N2O7. The summed E-state index contributed by atoms with van der Waals surface area (Å²) >= 11 is 0. The van der Waals surface area contributed by atoms with Gasteiger partial charge in [0.2, 0.25) is 0 Å². The second kappa shape index (κ2) is 8.65. The average Bonchev–Trinajstić information content (AvgIpc) is 2.61. The third-order valence-electron chi connectivity index (χ3n) is 3.43. The number of nitrogens with one attached hydrogen (secondary N) is 1. The summed E-state index contributed by atoms with van der Waals surface area (Å²) in [6.07, 6.45) is 2.68. The Labute approximate surface area is 154 Å². The van der Waals surface area contributed by atoms with E-state index in [0.29, 0.717) is 12.2 Å². The first-order valence-electron chi connectivity index (χ1n) is 7.98. The average molecular weight is 374 g/mol. The molecule has 0 spiro atoms. The summed E-state index contributed by atoms with van der Waals surface area (Å²) in [4.78, 5) is 47.7. The standard InChI is InChI=1S/C18H18N2O7/c1-3-7-20-17(24)12(16(23)19-18(20)25)8-11-5-6-13(27-10-15(21)22)14(9-11)26-4-2/h3,5-6,8-9H,1,4,7,10H2,2H3,(H,21,22)(H,19,23,25)/b12-8+. The number of barbiturate groups is 1. The van der Waals surface area contributed by atoms with E-state index in [1.54, 1.807) is 6.92 Å². The molecule has 1 aromatic rings. The summed E-state index contributed by atoms with van der Waals surface area (Å²) in [6, 6.07) is 3.69. The third kappa shape index (κ3) is 4.72. The zero-order valence-electron chi connectivity index (χ0n) is 14.6. The van der Waals surface area contributed by atoms with Gasteiger partial charge in [0, 0.05) is 6.54 Å². The molecule has 1 aliphatic rings. The number of amides is 4. The second-order valence-electron chi connectivity index (χ2n) is 5.34. The maximum absolute atomic E-state index is 12.4. The number of nitrogens with zero attached hydrogens (tertiary/aromatic N) is 1. The van der Waals surface area contributed by atoms with Crippen LogP contribution >= 0.6 is 0 Å². The predicted octanol–water partition coefficient (Wildman–Crippen LogP) is 1.20. The van der Waals surface area contributed by atoms with Gasteiger partial charge < -0.3 is 14.6 Å². The van der Waals surface area contributed by atoms with Crippen molar-refractivity contribution in [3.8, 4) is 11.5 Å². The Morgan fingerprint density at radius 1 is 1.26 bits per heavy atom. The Morgan fingerprint density at radius 2 is 2.00 bits per heavy atom. The fraction of sp³-hybridized carbons (Fsp3) is 0.222. The van der Waals surface area contributed by atoms with Crippen LogP contribution in [0.3, 0.4) is 0 Å². The summed E-state index contributed by atoms with van der Waals surface area (Å²) in [7, 11) is 0. The number of imide groups is 2. The van der Waals surface area contributed by atoms with Crippen LogP contribution in [-0.4, -0.2) is 53.6 Å². The largest absolute Gasteiger partial charge is 0.490 e. The van der Waals surface area contributed by atoms with Crippen LogP contribution in [-0.2, 0) is 14.4 Å². The van der Waals surface area contributed by atoms with Crippen LogP contribution < -0.4 is 14.8 Å². The number of carboxylic acids is 1. The molecule has 27 heavy (non-hydrogen) atoms. The topological polar surface area (TPSA) is 122 Å². The summed E-state index contributed by atoms with van der Waals surface area (Å²) in [5.41, 5.74) is 0.214. The van der Waals surface area contributed by atoms with Gasteiger partial charge in [0.05, 0.1) is 6.61 Å². The minimum absolute atomic E-state index is 0.0402.